The summed E-state index contributed by atoms with van der Waals surface area (Å²) in [6, 6.07) is 7.12. The summed E-state index contributed by atoms with van der Waals surface area (Å²) >= 11 is 4.99. The normalized spacial score (nSPS) is 16.4. The predicted octanol–water partition coefficient (Wildman–Crippen LogP) is 4.29. The quantitative estimate of drug-likeness (QED) is 0.730. The van der Waals surface area contributed by atoms with Crippen LogP contribution in [0.5, 0.6) is 0 Å². The molecule has 2 heterocycles. The maximum atomic E-state index is 12.6. The first-order valence-corrected chi connectivity index (χ1v) is 10.3. The molecule has 0 radical (unpaired) electrons. The molecule has 5 nitrogen and oxygen atoms in total. The van der Waals surface area contributed by atoms with Crippen molar-refractivity contribution in [2.24, 2.45) is 0 Å². The van der Waals surface area contributed by atoms with Gasteiger partial charge in [-0.05, 0) is 30.7 Å². The van der Waals surface area contributed by atoms with Crippen LogP contribution in [0.25, 0.3) is 0 Å². The molecule has 1 atom stereocenters. The van der Waals surface area contributed by atoms with E-state index in [1.54, 1.807) is 10.6 Å². The fourth-order valence-electron chi connectivity index (χ4n) is 2.84. The average molecular weight is 436 g/mol. The van der Waals surface area contributed by atoms with Crippen LogP contribution in [0.1, 0.15) is 44.5 Å². The highest BCUT2D eigenvalue weighted by atomic mass is 79.9. The maximum Gasteiger partial charge on any atom is 0.254 e. The summed E-state index contributed by atoms with van der Waals surface area (Å²) in [6.07, 6.45) is 0.256. The number of halogens is 1. The van der Waals surface area contributed by atoms with Crippen molar-refractivity contribution in [2.75, 3.05) is 11.1 Å². The smallest absolute Gasteiger partial charge is 0.254 e. The van der Waals surface area contributed by atoms with E-state index in [1.807, 2.05) is 45.9 Å². The molecule has 26 heavy (non-hydrogen) atoms. The molecule has 0 spiro atoms. The van der Waals surface area contributed by atoms with E-state index in [-0.39, 0.29) is 29.3 Å². The zero-order valence-corrected chi connectivity index (χ0v) is 17.7. The van der Waals surface area contributed by atoms with Gasteiger partial charge in [0.2, 0.25) is 5.91 Å². The molecule has 1 unspecified atom stereocenters. The zero-order valence-electron chi connectivity index (χ0n) is 15.3. The van der Waals surface area contributed by atoms with Crippen molar-refractivity contribution >= 4 is 39.3 Å². The van der Waals surface area contributed by atoms with Crippen LogP contribution in [0.2, 0.25) is 0 Å². The number of nitrogens with zero attached hydrogens (tertiary/aromatic N) is 2. The lowest BCUT2D eigenvalue weighted by molar-refractivity contribution is -0.116. The maximum absolute atomic E-state index is 12.6. The largest absolute Gasteiger partial charge is 0.326 e. The molecule has 0 fully saturated rings. The summed E-state index contributed by atoms with van der Waals surface area (Å²) in [6.45, 7) is 8.09. The first kappa shape index (κ1) is 19.2. The van der Waals surface area contributed by atoms with Crippen LogP contribution in [0, 0.1) is 6.92 Å². The van der Waals surface area contributed by atoms with Gasteiger partial charge in [0.15, 0.2) is 5.16 Å². The summed E-state index contributed by atoms with van der Waals surface area (Å²) < 4.78 is 2.66. The number of anilines is 1. The lowest BCUT2D eigenvalue weighted by Gasteiger charge is -2.19. The Morgan fingerprint density at radius 2 is 2.12 bits per heavy atom. The van der Waals surface area contributed by atoms with Crippen molar-refractivity contribution in [3.63, 3.8) is 0 Å². The Hall–Kier alpha value is -1.60. The summed E-state index contributed by atoms with van der Waals surface area (Å²) in [5.74, 6) is 0.583. The molecule has 1 N–H and O–H groups in total. The Morgan fingerprint density at radius 3 is 2.77 bits per heavy atom. The van der Waals surface area contributed by atoms with Gasteiger partial charge in [-0.3, -0.25) is 14.2 Å². The van der Waals surface area contributed by atoms with Crippen molar-refractivity contribution in [1.29, 1.82) is 0 Å². The van der Waals surface area contributed by atoms with E-state index in [2.05, 4.69) is 26.2 Å². The number of aryl methyl sites for hydroxylation is 1. The molecular weight excluding hydrogens is 414 g/mol. The first-order chi connectivity index (χ1) is 12.1. The van der Waals surface area contributed by atoms with E-state index < -0.39 is 0 Å². The number of fused-ring (bicyclic) bond motifs is 1. The third kappa shape index (κ3) is 4.04. The number of amides is 1. The number of aromatic nitrogens is 2. The number of carbonyl (C=O) groups excluding carboxylic acids is 1. The van der Waals surface area contributed by atoms with Gasteiger partial charge in [0, 0.05) is 33.8 Å². The fourth-order valence-corrected chi connectivity index (χ4v) is 4.23. The molecule has 0 saturated heterocycles. The molecule has 1 aromatic carbocycles. The van der Waals surface area contributed by atoms with Crippen LogP contribution >= 0.6 is 27.7 Å². The number of benzene rings is 1. The van der Waals surface area contributed by atoms with Gasteiger partial charge in [0.25, 0.3) is 5.56 Å². The highest BCUT2D eigenvalue weighted by Crippen LogP contribution is 2.33. The second-order valence-corrected chi connectivity index (χ2v) is 9.40. The molecule has 7 heteroatoms. The van der Waals surface area contributed by atoms with Crippen molar-refractivity contribution in [1.82, 2.24) is 9.55 Å². The molecule has 0 aliphatic carbocycles. The number of carbonyl (C=O) groups is 1. The van der Waals surface area contributed by atoms with Crippen molar-refractivity contribution in [3.05, 3.63) is 50.3 Å². The molecular formula is C19H22BrN3O2S. The summed E-state index contributed by atoms with van der Waals surface area (Å²) in [5.41, 5.74) is 2.35. The van der Waals surface area contributed by atoms with Crippen molar-refractivity contribution in [2.45, 2.75) is 50.7 Å². The highest BCUT2D eigenvalue weighted by molar-refractivity contribution is 9.10. The Kier molecular flexibility index (Phi) is 5.30. The van der Waals surface area contributed by atoms with Gasteiger partial charge in [0.05, 0.1) is 11.7 Å². The zero-order chi connectivity index (χ0) is 19.1. The summed E-state index contributed by atoms with van der Waals surface area (Å²) in [5, 5.41) is 3.63. The van der Waals surface area contributed by atoms with E-state index in [0.717, 1.165) is 21.4 Å². The Bertz CT molecular complexity index is 918. The second-order valence-electron chi connectivity index (χ2n) is 7.56. The van der Waals surface area contributed by atoms with Gasteiger partial charge < -0.3 is 5.32 Å². The van der Waals surface area contributed by atoms with Crippen molar-refractivity contribution in [3.8, 4) is 0 Å². The van der Waals surface area contributed by atoms with Crippen LogP contribution < -0.4 is 10.9 Å². The van der Waals surface area contributed by atoms with E-state index in [1.165, 1.54) is 11.8 Å². The Balaban J connectivity index is 1.76. The fraction of sp³-hybridized carbons (Fsp3) is 0.421. The molecule has 1 amide bonds. The van der Waals surface area contributed by atoms with Gasteiger partial charge in [-0.2, -0.15) is 0 Å². The molecule has 3 rings (SSSR count). The number of hydrogen-bond acceptors (Lipinski definition) is 4. The molecule has 1 aromatic heterocycles. The van der Waals surface area contributed by atoms with Crippen LogP contribution in [0.15, 0.2) is 38.7 Å². The molecule has 0 saturated carbocycles. The average Bonchev–Trinajstić information content (AvgIpc) is 2.93. The Morgan fingerprint density at radius 1 is 1.38 bits per heavy atom. The van der Waals surface area contributed by atoms with Gasteiger partial charge in [-0.15, -0.1) is 0 Å². The monoisotopic (exact) mass is 435 g/mol. The Labute approximate surface area is 165 Å². The second kappa shape index (κ2) is 7.19. The van der Waals surface area contributed by atoms with Crippen LogP contribution in [-0.4, -0.2) is 21.2 Å². The van der Waals surface area contributed by atoms with E-state index in [4.69, 9.17) is 0 Å². The molecule has 0 bridgehead atoms. The minimum atomic E-state index is -0.176. The van der Waals surface area contributed by atoms with Crippen LogP contribution in [-0.2, 0) is 10.2 Å². The molecule has 138 valence electrons. The number of hydrogen-bond donors (Lipinski definition) is 1. The number of rotatable bonds is 3. The van der Waals surface area contributed by atoms with E-state index in [9.17, 15) is 9.59 Å². The van der Waals surface area contributed by atoms with Gasteiger partial charge in [-0.25, -0.2) is 4.98 Å². The highest BCUT2D eigenvalue weighted by Gasteiger charge is 2.29. The third-order valence-corrected chi connectivity index (χ3v) is 6.31. The summed E-state index contributed by atoms with van der Waals surface area (Å²) in [4.78, 5) is 29.7. The minimum Gasteiger partial charge on any atom is -0.326 e. The van der Waals surface area contributed by atoms with Gasteiger partial charge in [0.1, 0.15) is 0 Å². The molecule has 2 aromatic rings. The standard InChI is InChI=1S/C19H22BrN3O2S/c1-11-7-12(5-6-14(11)20)21-16(24)8-13-10-26-18-22-15(19(2,3)4)9-17(25)23(13)18/h5-7,9,13H,8,10H2,1-4H3,(H,21,24). The number of nitrogens with one attached hydrogen (secondary N) is 1. The van der Waals surface area contributed by atoms with E-state index in [0.29, 0.717) is 10.9 Å². The van der Waals surface area contributed by atoms with Crippen molar-refractivity contribution < 1.29 is 4.79 Å². The van der Waals surface area contributed by atoms with Crippen LogP contribution in [0.4, 0.5) is 5.69 Å². The third-order valence-electron chi connectivity index (χ3n) is 4.32. The van der Waals surface area contributed by atoms with Crippen LogP contribution in [0.3, 0.4) is 0 Å². The summed E-state index contributed by atoms with van der Waals surface area (Å²) in [7, 11) is 0. The first-order valence-electron chi connectivity index (χ1n) is 8.48. The number of thioether (sulfide) groups is 1. The lowest BCUT2D eigenvalue weighted by atomic mass is 9.92. The van der Waals surface area contributed by atoms with Gasteiger partial charge in [-0.1, -0.05) is 48.5 Å². The molecule has 1 aliphatic heterocycles. The SMILES string of the molecule is Cc1cc(NC(=O)CC2CSc3nc(C(C)(C)C)cc(=O)n32)ccc1Br. The van der Waals surface area contributed by atoms with Gasteiger partial charge >= 0.3 is 0 Å². The lowest BCUT2D eigenvalue weighted by Crippen LogP contribution is -2.29. The minimum absolute atomic E-state index is 0.0813. The molecule has 1 aliphatic rings. The topological polar surface area (TPSA) is 64.0 Å². The van der Waals surface area contributed by atoms with E-state index >= 15 is 0 Å². The predicted molar refractivity (Wildman–Crippen MR) is 109 cm³/mol.